The molecule has 5 nitrogen and oxygen atoms in total. The van der Waals surface area contributed by atoms with Crippen molar-refractivity contribution in [3.8, 4) is 0 Å². The van der Waals surface area contributed by atoms with E-state index in [-0.39, 0.29) is 16.4 Å². The summed E-state index contributed by atoms with van der Waals surface area (Å²) in [5.74, 6) is 0.946. The van der Waals surface area contributed by atoms with Gasteiger partial charge in [0, 0.05) is 13.1 Å². The lowest BCUT2D eigenvalue weighted by Crippen LogP contribution is -2.35. The van der Waals surface area contributed by atoms with Gasteiger partial charge in [0.05, 0.1) is 10.5 Å². The second-order valence-electron chi connectivity index (χ2n) is 6.14. The third-order valence-corrected chi connectivity index (χ3v) is 5.03. The summed E-state index contributed by atoms with van der Waals surface area (Å²) in [6.07, 6.45) is 4.63. The number of carbonyl (C=O) groups is 1. The maximum atomic E-state index is 12.7. The first-order valence-corrected chi connectivity index (χ1v) is 8.91. The van der Waals surface area contributed by atoms with Gasteiger partial charge in [0.2, 0.25) is 10.0 Å². The molecule has 0 aromatic heterocycles. The molecule has 0 radical (unpaired) electrons. The zero-order valence-corrected chi connectivity index (χ0v) is 12.7. The largest absolute Gasteiger partial charge is 0.338 e. The Kier molecular flexibility index (Phi) is 3.75. The van der Waals surface area contributed by atoms with Crippen LogP contribution in [-0.2, 0) is 10.0 Å². The highest BCUT2D eigenvalue weighted by Gasteiger charge is 2.33. The number of primary sulfonamides is 1. The number of carbonyl (C=O) groups excluding carboxylic acids is 1. The molecule has 0 aliphatic heterocycles. The Morgan fingerprint density at radius 3 is 2.10 bits per heavy atom. The third kappa shape index (κ3) is 3.63. The van der Waals surface area contributed by atoms with Gasteiger partial charge in [0.25, 0.3) is 5.91 Å². The van der Waals surface area contributed by atoms with Gasteiger partial charge in [0.15, 0.2) is 0 Å². The van der Waals surface area contributed by atoms with Crippen LogP contribution in [-0.4, -0.2) is 32.3 Å². The lowest BCUT2D eigenvalue weighted by Gasteiger charge is -2.23. The van der Waals surface area contributed by atoms with Crippen LogP contribution >= 0.6 is 0 Å². The Morgan fingerprint density at radius 1 is 1.10 bits per heavy atom. The number of hydrogen-bond acceptors (Lipinski definition) is 3. The molecular formula is C15H20N2O3S. The van der Waals surface area contributed by atoms with Crippen molar-refractivity contribution in [2.45, 2.75) is 30.6 Å². The van der Waals surface area contributed by atoms with Gasteiger partial charge in [-0.2, -0.15) is 0 Å². The second kappa shape index (κ2) is 5.42. The molecule has 6 heteroatoms. The molecule has 2 saturated carbocycles. The predicted molar refractivity (Wildman–Crippen MR) is 79.2 cm³/mol. The lowest BCUT2D eigenvalue weighted by molar-refractivity contribution is 0.0735. The molecule has 0 saturated heterocycles. The quantitative estimate of drug-likeness (QED) is 0.866. The molecule has 114 valence electrons. The molecular weight excluding hydrogens is 288 g/mol. The van der Waals surface area contributed by atoms with Crippen molar-refractivity contribution >= 4 is 15.9 Å². The van der Waals surface area contributed by atoms with Crippen LogP contribution in [0.2, 0.25) is 0 Å². The Morgan fingerprint density at radius 2 is 1.62 bits per heavy atom. The van der Waals surface area contributed by atoms with Crippen molar-refractivity contribution in [2.75, 3.05) is 13.1 Å². The zero-order chi connectivity index (χ0) is 15.0. The van der Waals surface area contributed by atoms with Gasteiger partial charge in [-0.05, 0) is 49.7 Å². The first kappa shape index (κ1) is 14.5. The van der Waals surface area contributed by atoms with Crippen LogP contribution in [0.5, 0.6) is 0 Å². The van der Waals surface area contributed by atoms with Crippen LogP contribution in [0.4, 0.5) is 0 Å². The smallest absolute Gasteiger partial charge is 0.255 e. The summed E-state index contributed by atoms with van der Waals surface area (Å²) >= 11 is 0. The minimum absolute atomic E-state index is 0.0772. The lowest BCUT2D eigenvalue weighted by atomic mass is 10.1. The van der Waals surface area contributed by atoms with Crippen molar-refractivity contribution in [1.82, 2.24) is 4.90 Å². The molecule has 2 aliphatic rings. The van der Waals surface area contributed by atoms with E-state index in [1.165, 1.54) is 6.07 Å². The standard InChI is InChI=1S/C15H20N2O3S/c16-21(19,20)14-4-2-1-3-13(14)15(18)17(9-11-5-6-11)10-12-7-8-12/h1-4,11-12H,5-10H2,(H2,16,19,20). The molecule has 2 aliphatic carbocycles. The van der Waals surface area contributed by atoms with E-state index in [0.717, 1.165) is 38.8 Å². The maximum absolute atomic E-state index is 12.7. The van der Waals surface area contributed by atoms with Gasteiger partial charge in [-0.3, -0.25) is 4.79 Å². The van der Waals surface area contributed by atoms with E-state index in [9.17, 15) is 13.2 Å². The zero-order valence-electron chi connectivity index (χ0n) is 11.9. The van der Waals surface area contributed by atoms with Crippen LogP contribution in [0.15, 0.2) is 29.2 Å². The van der Waals surface area contributed by atoms with Crippen molar-refractivity contribution < 1.29 is 13.2 Å². The highest BCUT2D eigenvalue weighted by molar-refractivity contribution is 7.89. The third-order valence-electron chi connectivity index (χ3n) is 4.06. The molecule has 1 aromatic carbocycles. The molecule has 2 fully saturated rings. The fraction of sp³-hybridized carbons (Fsp3) is 0.533. The minimum Gasteiger partial charge on any atom is -0.338 e. The number of benzene rings is 1. The Bertz CT molecular complexity index is 635. The van der Waals surface area contributed by atoms with E-state index < -0.39 is 10.0 Å². The van der Waals surface area contributed by atoms with E-state index in [1.54, 1.807) is 18.2 Å². The number of rotatable bonds is 6. The van der Waals surface area contributed by atoms with Crippen LogP contribution in [0.3, 0.4) is 0 Å². The first-order chi connectivity index (χ1) is 9.95. The molecule has 2 N–H and O–H groups in total. The molecule has 0 spiro atoms. The summed E-state index contributed by atoms with van der Waals surface area (Å²) in [5, 5.41) is 5.22. The summed E-state index contributed by atoms with van der Waals surface area (Å²) in [6, 6.07) is 6.21. The van der Waals surface area contributed by atoms with Crippen molar-refractivity contribution in [2.24, 2.45) is 17.0 Å². The number of sulfonamides is 1. The van der Waals surface area contributed by atoms with Crippen molar-refractivity contribution in [1.29, 1.82) is 0 Å². The van der Waals surface area contributed by atoms with E-state index in [2.05, 4.69) is 0 Å². The molecule has 0 bridgehead atoms. The second-order valence-corrected chi connectivity index (χ2v) is 7.67. The highest BCUT2D eigenvalue weighted by atomic mass is 32.2. The summed E-state index contributed by atoms with van der Waals surface area (Å²) in [4.78, 5) is 14.5. The summed E-state index contributed by atoms with van der Waals surface area (Å²) in [6.45, 7) is 1.46. The van der Waals surface area contributed by atoms with Gasteiger partial charge in [-0.25, -0.2) is 13.6 Å². The normalized spacial score (nSPS) is 18.5. The Hall–Kier alpha value is -1.40. The van der Waals surface area contributed by atoms with Gasteiger partial charge in [-0.15, -0.1) is 0 Å². The Balaban J connectivity index is 1.87. The van der Waals surface area contributed by atoms with Gasteiger partial charge >= 0.3 is 0 Å². The van der Waals surface area contributed by atoms with Crippen LogP contribution in [0.1, 0.15) is 36.0 Å². The van der Waals surface area contributed by atoms with E-state index in [0.29, 0.717) is 11.8 Å². The molecule has 1 aromatic rings. The molecule has 0 heterocycles. The fourth-order valence-electron chi connectivity index (χ4n) is 2.53. The SMILES string of the molecule is NS(=O)(=O)c1ccccc1C(=O)N(CC1CC1)CC1CC1. The van der Waals surface area contributed by atoms with E-state index in [4.69, 9.17) is 5.14 Å². The molecule has 0 unspecified atom stereocenters. The summed E-state index contributed by atoms with van der Waals surface area (Å²) < 4.78 is 23.3. The number of hydrogen-bond donors (Lipinski definition) is 1. The van der Waals surface area contributed by atoms with Gasteiger partial charge < -0.3 is 4.90 Å². The van der Waals surface area contributed by atoms with E-state index in [1.807, 2.05) is 4.90 Å². The fourth-order valence-corrected chi connectivity index (χ4v) is 3.26. The number of nitrogens with zero attached hydrogens (tertiary/aromatic N) is 1. The molecule has 21 heavy (non-hydrogen) atoms. The predicted octanol–water partition coefficient (Wildman–Crippen LogP) is 1.60. The summed E-state index contributed by atoms with van der Waals surface area (Å²) in [5.41, 5.74) is 0.196. The van der Waals surface area contributed by atoms with Crippen LogP contribution < -0.4 is 5.14 Å². The van der Waals surface area contributed by atoms with Crippen molar-refractivity contribution in [3.63, 3.8) is 0 Å². The monoisotopic (exact) mass is 308 g/mol. The topological polar surface area (TPSA) is 80.5 Å². The molecule has 3 rings (SSSR count). The average Bonchev–Trinajstić information content (AvgIpc) is 3.31. The maximum Gasteiger partial charge on any atom is 0.255 e. The number of amides is 1. The summed E-state index contributed by atoms with van der Waals surface area (Å²) in [7, 11) is -3.89. The highest BCUT2D eigenvalue weighted by Crippen LogP contribution is 2.34. The first-order valence-electron chi connectivity index (χ1n) is 7.36. The molecule has 0 atom stereocenters. The van der Waals surface area contributed by atoms with Crippen LogP contribution in [0, 0.1) is 11.8 Å². The van der Waals surface area contributed by atoms with Gasteiger partial charge in [-0.1, -0.05) is 12.1 Å². The number of nitrogens with two attached hydrogens (primary N) is 1. The van der Waals surface area contributed by atoms with Crippen molar-refractivity contribution in [3.05, 3.63) is 29.8 Å². The van der Waals surface area contributed by atoms with Gasteiger partial charge in [0.1, 0.15) is 0 Å². The van der Waals surface area contributed by atoms with E-state index >= 15 is 0 Å². The Labute approximate surface area is 125 Å². The minimum atomic E-state index is -3.89. The molecule has 1 amide bonds. The van der Waals surface area contributed by atoms with Crippen LogP contribution in [0.25, 0.3) is 0 Å². The average molecular weight is 308 g/mol.